The van der Waals surface area contributed by atoms with Gasteiger partial charge in [0.15, 0.2) is 0 Å². The zero-order valence-electron chi connectivity index (χ0n) is 13.5. The summed E-state index contributed by atoms with van der Waals surface area (Å²) in [5.74, 6) is 0.619. The molecule has 3 unspecified atom stereocenters. The first-order valence-corrected chi connectivity index (χ1v) is 8.05. The van der Waals surface area contributed by atoms with Crippen LogP contribution in [0, 0.1) is 11.8 Å². The number of oxime groups is 1. The number of rotatable bonds is 9. The fourth-order valence-corrected chi connectivity index (χ4v) is 2.81. The maximum Gasteiger partial charge on any atom is 0.0898 e. The standard InChI is InChI=1S/C18H29NO2/c1-4-5-9-16(13-12-14(2)20)15(3)18(19-21)17-10-7-6-8-11-17/h6-8,10-11,14-16,20-21H,4-5,9,12-13H2,1-3H3. The average molecular weight is 291 g/mol. The summed E-state index contributed by atoms with van der Waals surface area (Å²) in [6.07, 6.45) is 4.93. The summed E-state index contributed by atoms with van der Waals surface area (Å²) >= 11 is 0. The Morgan fingerprint density at radius 1 is 1.10 bits per heavy atom. The van der Waals surface area contributed by atoms with Crippen LogP contribution in [-0.2, 0) is 0 Å². The lowest BCUT2D eigenvalue weighted by atomic mass is 9.80. The smallest absolute Gasteiger partial charge is 0.0898 e. The third-order valence-corrected chi connectivity index (χ3v) is 4.20. The molecule has 3 atom stereocenters. The van der Waals surface area contributed by atoms with Gasteiger partial charge in [-0.1, -0.05) is 62.2 Å². The van der Waals surface area contributed by atoms with E-state index in [4.69, 9.17) is 0 Å². The molecule has 1 aromatic rings. The van der Waals surface area contributed by atoms with Gasteiger partial charge in [0.05, 0.1) is 11.8 Å². The van der Waals surface area contributed by atoms with Crippen molar-refractivity contribution in [3.63, 3.8) is 0 Å². The highest BCUT2D eigenvalue weighted by Gasteiger charge is 2.23. The molecular weight excluding hydrogens is 262 g/mol. The van der Waals surface area contributed by atoms with E-state index in [1.165, 1.54) is 6.42 Å². The Balaban J connectivity index is 2.83. The van der Waals surface area contributed by atoms with Crippen molar-refractivity contribution in [2.75, 3.05) is 0 Å². The fraction of sp³-hybridized carbons (Fsp3) is 0.611. The molecule has 0 aromatic heterocycles. The fourth-order valence-electron chi connectivity index (χ4n) is 2.81. The van der Waals surface area contributed by atoms with Crippen molar-refractivity contribution in [2.45, 2.75) is 59.0 Å². The minimum absolute atomic E-state index is 0.183. The lowest BCUT2D eigenvalue weighted by Gasteiger charge is -2.25. The number of unbranched alkanes of at least 4 members (excludes halogenated alkanes) is 1. The molecule has 0 saturated carbocycles. The van der Waals surface area contributed by atoms with Crippen molar-refractivity contribution in [3.05, 3.63) is 35.9 Å². The van der Waals surface area contributed by atoms with Gasteiger partial charge in [0.2, 0.25) is 0 Å². The van der Waals surface area contributed by atoms with Gasteiger partial charge < -0.3 is 10.3 Å². The molecule has 1 rings (SSSR count). The highest BCUT2D eigenvalue weighted by molar-refractivity contribution is 6.01. The van der Waals surface area contributed by atoms with Gasteiger partial charge in [-0.05, 0) is 37.7 Å². The normalized spacial score (nSPS) is 16.5. The van der Waals surface area contributed by atoms with Gasteiger partial charge in [0.1, 0.15) is 0 Å². The molecule has 3 nitrogen and oxygen atoms in total. The molecule has 0 radical (unpaired) electrons. The number of aliphatic hydroxyl groups is 1. The van der Waals surface area contributed by atoms with Gasteiger partial charge in [-0.25, -0.2) is 0 Å². The van der Waals surface area contributed by atoms with Crippen LogP contribution in [0.25, 0.3) is 0 Å². The van der Waals surface area contributed by atoms with Crippen molar-refractivity contribution in [2.24, 2.45) is 17.0 Å². The van der Waals surface area contributed by atoms with E-state index in [1.807, 2.05) is 37.3 Å². The molecule has 0 heterocycles. The minimum atomic E-state index is -0.271. The molecule has 0 aliphatic carbocycles. The highest BCUT2D eigenvalue weighted by Crippen LogP contribution is 2.28. The molecule has 21 heavy (non-hydrogen) atoms. The maximum absolute atomic E-state index is 9.54. The van der Waals surface area contributed by atoms with E-state index in [0.717, 1.165) is 37.0 Å². The van der Waals surface area contributed by atoms with Gasteiger partial charge in [-0.15, -0.1) is 0 Å². The van der Waals surface area contributed by atoms with E-state index in [9.17, 15) is 10.3 Å². The van der Waals surface area contributed by atoms with Gasteiger partial charge in [0.25, 0.3) is 0 Å². The van der Waals surface area contributed by atoms with Crippen LogP contribution in [0.2, 0.25) is 0 Å². The summed E-state index contributed by atoms with van der Waals surface area (Å²) in [6.45, 7) is 6.15. The number of hydrogen-bond donors (Lipinski definition) is 2. The summed E-state index contributed by atoms with van der Waals surface area (Å²) in [6, 6.07) is 9.85. The lowest BCUT2D eigenvalue weighted by molar-refractivity contribution is 0.167. The molecule has 0 amide bonds. The van der Waals surface area contributed by atoms with Crippen LogP contribution < -0.4 is 0 Å². The average Bonchev–Trinajstić information content (AvgIpc) is 2.49. The molecule has 0 saturated heterocycles. The van der Waals surface area contributed by atoms with Crippen LogP contribution in [0.5, 0.6) is 0 Å². The molecule has 0 aliphatic heterocycles. The predicted molar refractivity (Wildman–Crippen MR) is 87.9 cm³/mol. The van der Waals surface area contributed by atoms with Gasteiger partial charge in [0, 0.05) is 5.92 Å². The second-order valence-corrected chi connectivity index (χ2v) is 5.97. The molecule has 0 aliphatic rings. The highest BCUT2D eigenvalue weighted by atomic mass is 16.4. The molecule has 118 valence electrons. The van der Waals surface area contributed by atoms with Crippen molar-refractivity contribution in [1.82, 2.24) is 0 Å². The summed E-state index contributed by atoms with van der Waals surface area (Å²) in [5.41, 5.74) is 1.73. The second kappa shape index (κ2) is 9.56. The monoisotopic (exact) mass is 291 g/mol. The van der Waals surface area contributed by atoms with E-state index in [2.05, 4.69) is 19.0 Å². The molecule has 2 N–H and O–H groups in total. The Labute approximate surface area is 128 Å². The second-order valence-electron chi connectivity index (χ2n) is 5.97. The van der Waals surface area contributed by atoms with E-state index >= 15 is 0 Å². The quantitative estimate of drug-likeness (QED) is 0.401. The van der Waals surface area contributed by atoms with Gasteiger partial charge in [-0.3, -0.25) is 0 Å². The van der Waals surface area contributed by atoms with E-state index in [1.54, 1.807) is 0 Å². The number of aliphatic hydroxyl groups excluding tert-OH is 1. The third-order valence-electron chi connectivity index (χ3n) is 4.20. The van der Waals surface area contributed by atoms with Crippen molar-refractivity contribution in [1.29, 1.82) is 0 Å². The summed E-state index contributed by atoms with van der Waals surface area (Å²) < 4.78 is 0. The molecule has 0 bridgehead atoms. The topological polar surface area (TPSA) is 52.8 Å². The predicted octanol–water partition coefficient (Wildman–Crippen LogP) is 4.47. The van der Waals surface area contributed by atoms with Crippen LogP contribution in [0.3, 0.4) is 0 Å². The van der Waals surface area contributed by atoms with Crippen LogP contribution in [0.4, 0.5) is 0 Å². The Hall–Kier alpha value is -1.35. The largest absolute Gasteiger partial charge is 0.411 e. The minimum Gasteiger partial charge on any atom is -0.411 e. The molecule has 0 fully saturated rings. The zero-order valence-corrected chi connectivity index (χ0v) is 13.5. The number of nitrogens with zero attached hydrogens (tertiary/aromatic N) is 1. The molecular formula is C18H29NO2. The van der Waals surface area contributed by atoms with Crippen LogP contribution in [-0.4, -0.2) is 22.1 Å². The first kappa shape index (κ1) is 17.7. The van der Waals surface area contributed by atoms with Crippen LogP contribution in [0.15, 0.2) is 35.5 Å². The summed E-state index contributed by atoms with van der Waals surface area (Å²) in [7, 11) is 0. The van der Waals surface area contributed by atoms with E-state index < -0.39 is 0 Å². The zero-order chi connectivity index (χ0) is 15.7. The molecule has 0 spiro atoms. The SMILES string of the molecule is CCCCC(CCC(C)O)C(C)C(=NO)c1ccccc1. The summed E-state index contributed by atoms with van der Waals surface area (Å²) in [4.78, 5) is 0. The van der Waals surface area contributed by atoms with E-state index in [-0.39, 0.29) is 12.0 Å². The lowest BCUT2D eigenvalue weighted by Crippen LogP contribution is -2.23. The van der Waals surface area contributed by atoms with E-state index in [0.29, 0.717) is 5.92 Å². The Morgan fingerprint density at radius 2 is 1.76 bits per heavy atom. The Morgan fingerprint density at radius 3 is 2.29 bits per heavy atom. The number of benzene rings is 1. The Kier molecular flexibility index (Phi) is 8.06. The van der Waals surface area contributed by atoms with Crippen LogP contribution >= 0.6 is 0 Å². The van der Waals surface area contributed by atoms with Gasteiger partial charge in [-0.2, -0.15) is 0 Å². The van der Waals surface area contributed by atoms with Gasteiger partial charge >= 0.3 is 0 Å². The maximum atomic E-state index is 9.54. The Bertz CT molecular complexity index is 414. The van der Waals surface area contributed by atoms with Crippen molar-refractivity contribution < 1.29 is 10.3 Å². The third kappa shape index (κ3) is 5.88. The number of hydrogen-bond acceptors (Lipinski definition) is 3. The summed E-state index contributed by atoms with van der Waals surface area (Å²) in [5, 5.41) is 22.6. The van der Waals surface area contributed by atoms with Crippen molar-refractivity contribution in [3.8, 4) is 0 Å². The molecule has 3 heteroatoms. The molecule has 1 aromatic carbocycles. The first-order valence-electron chi connectivity index (χ1n) is 8.05. The van der Waals surface area contributed by atoms with Crippen LogP contribution in [0.1, 0.15) is 58.4 Å². The van der Waals surface area contributed by atoms with Crippen molar-refractivity contribution >= 4 is 5.71 Å². The first-order chi connectivity index (χ1) is 10.1.